The van der Waals surface area contributed by atoms with Crippen molar-refractivity contribution in [2.75, 3.05) is 45.7 Å². The molecule has 1 fully saturated rings. The number of aryl methyl sites for hydroxylation is 1. The zero-order valence-electron chi connectivity index (χ0n) is 18.3. The number of likely N-dealkylation sites (N-methyl/N-ethyl adjacent to an activating group) is 1. The van der Waals surface area contributed by atoms with E-state index in [1.165, 1.54) is 12.8 Å². The van der Waals surface area contributed by atoms with E-state index in [0.717, 1.165) is 49.1 Å². The van der Waals surface area contributed by atoms with Gasteiger partial charge < -0.3 is 14.7 Å². The molecule has 28 heavy (non-hydrogen) atoms. The molecule has 6 nitrogen and oxygen atoms in total. The summed E-state index contributed by atoms with van der Waals surface area (Å²) in [6.07, 6.45) is 5.50. The third-order valence-corrected chi connectivity index (χ3v) is 5.63. The van der Waals surface area contributed by atoms with Crippen LogP contribution in [0.4, 0.5) is 5.82 Å². The van der Waals surface area contributed by atoms with E-state index in [4.69, 9.17) is 4.98 Å². The zero-order valence-corrected chi connectivity index (χ0v) is 18.3. The number of carbonyl (C=O) groups is 1. The fourth-order valence-electron chi connectivity index (χ4n) is 3.43. The molecule has 1 amide bonds. The fourth-order valence-corrected chi connectivity index (χ4v) is 3.43. The van der Waals surface area contributed by atoms with Crippen LogP contribution in [0.5, 0.6) is 0 Å². The van der Waals surface area contributed by atoms with E-state index in [1.807, 2.05) is 39.2 Å². The molecule has 1 aliphatic rings. The SMILES string of the molecule is CCc1nc2ccc(C(=O)N(C)C(C)C)cn2c1N(CCN(C)C)CC1CC1. The third kappa shape index (κ3) is 4.49. The van der Waals surface area contributed by atoms with E-state index in [0.29, 0.717) is 5.56 Å². The molecular formula is C22H35N5O. The number of fused-ring (bicyclic) bond motifs is 1. The van der Waals surface area contributed by atoms with E-state index in [2.05, 4.69) is 35.2 Å². The molecule has 0 unspecified atom stereocenters. The van der Waals surface area contributed by atoms with Crippen molar-refractivity contribution in [2.45, 2.75) is 46.1 Å². The van der Waals surface area contributed by atoms with Crippen LogP contribution in [0.1, 0.15) is 49.7 Å². The van der Waals surface area contributed by atoms with Gasteiger partial charge in [-0.2, -0.15) is 0 Å². The second-order valence-electron chi connectivity index (χ2n) is 8.58. The molecule has 0 aromatic carbocycles. The first-order valence-electron chi connectivity index (χ1n) is 10.5. The first kappa shape index (κ1) is 20.6. The first-order chi connectivity index (χ1) is 13.3. The summed E-state index contributed by atoms with van der Waals surface area (Å²) in [4.78, 5) is 24.2. The van der Waals surface area contributed by atoms with Gasteiger partial charge in [-0.1, -0.05) is 6.92 Å². The summed E-state index contributed by atoms with van der Waals surface area (Å²) in [6, 6.07) is 4.05. The average Bonchev–Trinajstić information content (AvgIpc) is 3.41. The molecule has 0 atom stereocenters. The minimum absolute atomic E-state index is 0.0524. The summed E-state index contributed by atoms with van der Waals surface area (Å²) in [5, 5.41) is 0. The Bertz CT molecular complexity index is 822. The molecule has 2 heterocycles. The molecule has 0 N–H and O–H groups in total. The molecule has 0 spiro atoms. The van der Waals surface area contributed by atoms with Crippen LogP contribution in [-0.4, -0.2) is 71.9 Å². The summed E-state index contributed by atoms with van der Waals surface area (Å²) >= 11 is 0. The van der Waals surface area contributed by atoms with Crippen molar-refractivity contribution in [2.24, 2.45) is 5.92 Å². The van der Waals surface area contributed by atoms with Gasteiger partial charge in [0, 0.05) is 38.9 Å². The van der Waals surface area contributed by atoms with Gasteiger partial charge in [0.25, 0.3) is 5.91 Å². The molecule has 0 bridgehead atoms. The van der Waals surface area contributed by atoms with Crippen molar-refractivity contribution in [3.63, 3.8) is 0 Å². The topological polar surface area (TPSA) is 44.1 Å². The largest absolute Gasteiger partial charge is 0.355 e. The van der Waals surface area contributed by atoms with Gasteiger partial charge in [0.05, 0.1) is 11.3 Å². The van der Waals surface area contributed by atoms with Crippen LogP contribution < -0.4 is 4.90 Å². The van der Waals surface area contributed by atoms with E-state index in [9.17, 15) is 4.79 Å². The number of imidazole rings is 1. The van der Waals surface area contributed by atoms with E-state index >= 15 is 0 Å². The number of pyridine rings is 1. The van der Waals surface area contributed by atoms with Crippen molar-refractivity contribution in [3.05, 3.63) is 29.6 Å². The Morgan fingerprint density at radius 1 is 1.21 bits per heavy atom. The quantitative estimate of drug-likeness (QED) is 0.665. The van der Waals surface area contributed by atoms with Crippen molar-refractivity contribution < 1.29 is 4.79 Å². The summed E-state index contributed by atoms with van der Waals surface area (Å²) in [6.45, 7) is 9.26. The minimum Gasteiger partial charge on any atom is -0.355 e. The lowest BCUT2D eigenvalue weighted by molar-refractivity contribution is 0.0754. The van der Waals surface area contributed by atoms with E-state index in [1.54, 1.807) is 4.90 Å². The smallest absolute Gasteiger partial charge is 0.255 e. The number of hydrogen-bond donors (Lipinski definition) is 0. The second-order valence-corrected chi connectivity index (χ2v) is 8.58. The molecular weight excluding hydrogens is 350 g/mol. The Hall–Kier alpha value is -2.08. The van der Waals surface area contributed by atoms with E-state index in [-0.39, 0.29) is 11.9 Å². The molecule has 3 rings (SSSR count). The van der Waals surface area contributed by atoms with Crippen LogP contribution in [-0.2, 0) is 6.42 Å². The molecule has 1 saturated carbocycles. The number of aromatic nitrogens is 2. The number of carbonyl (C=O) groups excluding carboxylic acids is 1. The fraction of sp³-hybridized carbons (Fsp3) is 0.636. The summed E-state index contributed by atoms with van der Waals surface area (Å²) in [7, 11) is 6.09. The summed E-state index contributed by atoms with van der Waals surface area (Å²) < 4.78 is 2.14. The first-order valence-corrected chi connectivity index (χ1v) is 10.5. The second kappa shape index (κ2) is 8.52. The van der Waals surface area contributed by atoms with Crippen molar-refractivity contribution in [3.8, 4) is 0 Å². The van der Waals surface area contributed by atoms with Crippen LogP contribution in [0, 0.1) is 5.92 Å². The maximum absolute atomic E-state index is 12.9. The average molecular weight is 386 g/mol. The highest BCUT2D eigenvalue weighted by Gasteiger charge is 2.27. The number of anilines is 1. The van der Waals surface area contributed by atoms with Crippen LogP contribution in [0.15, 0.2) is 18.3 Å². The van der Waals surface area contributed by atoms with Crippen molar-refractivity contribution in [1.29, 1.82) is 0 Å². The number of nitrogens with zero attached hydrogens (tertiary/aromatic N) is 5. The monoisotopic (exact) mass is 385 g/mol. The van der Waals surface area contributed by atoms with Crippen LogP contribution in [0.25, 0.3) is 5.65 Å². The summed E-state index contributed by atoms with van der Waals surface area (Å²) in [5.41, 5.74) is 2.74. The van der Waals surface area contributed by atoms with Crippen LogP contribution in [0.3, 0.4) is 0 Å². The van der Waals surface area contributed by atoms with Gasteiger partial charge in [-0.3, -0.25) is 9.20 Å². The maximum Gasteiger partial charge on any atom is 0.255 e. The Morgan fingerprint density at radius 2 is 1.93 bits per heavy atom. The molecule has 0 radical (unpaired) electrons. The normalized spacial score (nSPS) is 14.3. The predicted octanol–water partition coefficient (Wildman–Crippen LogP) is 3.16. The van der Waals surface area contributed by atoms with Gasteiger partial charge in [-0.25, -0.2) is 4.98 Å². The molecule has 2 aromatic rings. The van der Waals surface area contributed by atoms with Gasteiger partial charge >= 0.3 is 0 Å². The lowest BCUT2D eigenvalue weighted by Crippen LogP contribution is -2.35. The minimum atomic E-state index is 0.0524. The number of amides is 1. The van der Waals surface area contributed by atoms with Crippen molar-refractivity contribution in [1.82, 2.24) is 19.2 Å². The van der Waals surface area contributed by atoms with Gasteiger partial charge in [-0.05, 0) is 65.3 Å². The lowest BCUT2D eigenvalue weighted by Gasteiger charge is -2.27. The van der Waals surface area contributed by atoms with Gasteiger partial charge in [0.1, 0.15) is 11.5 Å². The Labute approximate surface area is 169 Å². The molecule has 1 aliphatic carbocycles. The summed E-state index contributed by atoms with van der Waals surface area (Å²) in [5.74, 6) is 2.00. The zero-order chi connectivity index (χ0) is 20.4. The molecule has 2 aromatic heterocycles. The number of rotatable bonds is 9. The lowest BCUT2D eigenvalue weighted by atomic mass is 10.2. The predicted molar refractivity (Wildman–Crippen MR) is 115 cm³/mol. The number of hydrogen-bond acceptors (Lipinski definition) is 4. The highest BCUT2D eigenvalue weighted by Crippen LogP contribution is 2.33. The Morgan fingerprint density at radius 3 is 2.50 bits per heavy atom. The molecule has 0 aliphatic heterocycles. The van der Waals surface area contributed by atoms with Crippen LogP contribution in [0.2, 0.25) is 0 Å². The van der Waals surface area contributed by atoms with Crippen LogP contribution >= 0.6 is 0 Å². The Balaban J connectivity index is 2.02. The molecule has 0 saturated heterocycles. The highest BCUT2D eigenvalue weighted by atomic mass is 16.2. The van der Waals surface area contributed by atoms with Gasteiger partial charge in [0.15, 0.2) is 0 Å². The standard InChI is InChI=1S/C22H35N5O/c1-7-19-21(26(13-12-24(4)5)14-17-8-9-17)27-15-18(10-11-20(27)23-19)22(28)25(6)16(2)3/h10-11,15-17H,7-9,12-14H2,1-6H3. The van der Waals surface area contributed by atoms with Gasteiger partial charge in [0.2, 0.25) is 0 Å². The van der Waals surface area contributed by atoms with E-state index < -0.39 is 0 Å². The van der Waals surface area contributed by atoms with Crippen molar-refractivity contribution >= 4 is 17.4 Å². The molecule has 6 heteroatoms. The Kier molecular flexibility index (Phi) is 6.28. The van der Waals surface area contributed by atoms with Gasteiger partial charge in [-0.15, -0.1) is 0 Å². The molecule has 154 valence electrons. The third-order valence-electron chi connectivity index (χ3n) is 5.63. The maximum atomic E-state index is 12.9. The highest BCUT2D eigenvalue weighted by molar-refractivity contribution is 5.94.